The van der Waals surface area contributed by atoms with Gasteiger partial charge in [0.25, 0.3) is 0 Å². The lowest BCUT2D eigenvalue weighted by atomic mass is 9.87. The minimum atomic E-state index is 0.126. The van der Waals surface area contributed by atoms with E-state index in [0.29, 0.717) is 11.8 Å². The monoisotopic (exact) mass is 305 g/mol. The Kier molecular flexibility index (Phi) is 3.91. The van der Waals surface area contributed by atoms with E-state index in [-0.39, 0.29) is 6.04 Å². The quantitative estimate of drug-likeness (QED) is 0.946. The Morgan fingerprint density at radius 2 is 2.29 bits per heavy atom. The summed E-state index contributed by atoms with van der Waals surface area (Å²) in [4.78, 5) is 0. The van der Waals surface area contributed by atoms with Crippen molar-refractivity contribution in [3.8, 4) is 5.75 Å². The topological polar surface area (TPSA) is 53.1 Å². The van der Waals surface area contributed by atoms with E-state index in [2.05, 4.69) is 11.2 Å². The SMILES string of the molecule is Cc1nn(C)c(Cl)c1COc1cccc2c1CCCC2N. The third kappa shape index (κ3) is 2.65. The number of benzene rings is 1. The van der Waals surface area contributed by atoms with Crippen molar-refractivity contribution in [2.24, 2.45) is 12.8 Å². The van der Waals surface area contributed by atoms with Gasteiger partial charge < -0.3 is 10.5 Å². The molecule has 2 aromatic rings. The number of halogens is 1. The van der Waals surface area contributed by atoms with Crippen LogP contribution >= 0.6 is 11.6 Å². The Balaban J connectivity index is 1.84. The molecule has 1 unspecified atom stereocenters. The molecule has 0 aliphatic heterocycles. The molecule has 1 heterocycles. The summed E-state index contributed by atoms with van der Waals surface area (Å²) < 4.78 is 7.69. The van der Waals surface area contributed by atoms with Crippen molar-refractivity contribution >= 4 is 11.6 Å². The van der Waals surface area contributed by atoms with Crippen molar-refractivity contribution in [1.82, 2.24) is 9.78 Å². The van der Waals surface area contributed by atoms with Crippen molar-refractivity contribution in [3.63, 3.8) is 0 Å². The first kappa shape index (κ1) is 14.4. The first-order valence-electron chi connectivity index (χ1n) is 7.26. The van der Waals surface area contributed by atoms with Gasteiger partial charge in [0.15, 0.2) is 0 Å². The van der Waals surface area contributed by atoms with E-state index in [1.807, 2.05) is 26.1 Å². The minimum Gasteiger partial charge on any atom is -0.488 e. The van der Waals surface area contributed by atoms with Gasteiger partial charge >= 0.3 is 0 Å². The molecule has 112 valence electrons. The molecular formula is C16H20ClN3O. The number of fused-ring (bicyclic) bond motifs is 1. The standard InChI is InChI=1S/C16H20ClN3O/c1-10-13(16(17)20(2)19-10)9-21-15-8-4-5-11-12(15)6-3-7-14(11)18/h4-5,8,14H,3,6-7,9,18H2,1-2H3. The predicted octanol–water partition coefficient (Wildman–Crippen LogP) is 3.30. The van der Waals surface area contributed by atoms with Crippen LogP contribution in [0, 0.1) is 6.92 Å². The van der Waals surface area contributed by atoms with Crippen LogP contribution in [0.4, 0.5) is 0 Å². The van der Waals surface area contributed by atoms with E-state index < -0.39 is 0 Å². The molecule has 3 rings (SSSR count). The van der Waals surface area contributed by atoms with E-state index in [9.17, 15) is 0 Å². The summed E-state index contributed by atoms with van der Waals surface area (Å²) in [5.41, 5.74) is 10.5. The number of rotatable bonds is 3. The lowest BCUT2D eigenvalue weighted by Gasteiger charge is -2.24. The molecule has 0 fully saturated rings. The van der Waals surface area contributed by atoms with Gasteiger partial charge in [-0.1, -0.05) is 23.7 Å². The van der Waals surface area contributed by atoms with E-state index in [1.165, 1.54) is 11.1 Å². The van der Waals surface area contributed by atoms with Gasteiger partial charge in [0.05, 0.1) is 5.69 Å². The maximum absolute atomic E-state index is 6.25. The third-order valence-corrected chi connectivity index (χ3v) is 4.63. The van der Waals surface area contributed by atoms with Crippen LogP contribution in [0.1, 0.15) is 41.3 Å². The van der Waals surface area contributed by atoms with Crippen LogP contribution in [0.3, 0.4) is 0 Å². The number of nitrogens with zero attached hydrogens (tertiary/aromatic N) is 2. The summed E-state index contributed by atoms with van der Waals surface area (Å²) in [7, 11) is 1.84. The average molecular weight is 306 g/mol. The molecule has 1 aliphatic rings. The summed E-state index contributed by atoms with van der Waals surface area (Å²) in [6, 6.07) is 6.25. The van der Waals surface area contributed by atoms with Crippen LogP contribution in [-0.2, 0) is 20.1 Å². The van der Waals surface area contributed by atoms with Gasteiger partial charge in [-0.3, -0.25) is 4.68 Å². The summed E-state index contributed by atoms with van der Waals surface area (Å²) in [6.45, 7) is 2.38. The number of aromatic nitrogens is 2. The lowest BCUT2D eigenvalue weighted by Crippen LogP contribution is -2.18. The van der Waals surface area contributed by atoms with Gasteiger partial charge in [-0.2, -0.15) is 5.10 Å². The van der Waals surface area contributed by atoms with Gasteiger partial charge in [0.1, 0.15) is 17.5 Å². The molecule has 0 bridgehead atoms. The van der Waals surface area contributed by atoms with Crippen LogP contribution in [-0.4, -0.2) is 9.78 Å². The molecule has 21 heavy (non-hydrogen) atoms. The highest BCUT2D eigenvalue weighted by Gasteiger charge is 2.20. The molecule has 0 spiro atoms. The zero-order chi connectivity index (χ0) is 15.0. The number of ether oxygens (including phenoxy) is 1. The van der Waals surface area contributed by atoms with E-state index in [4.69, 9.17) is 22.1 Å². The second kappa shape index (κ2) is 5.70. The molecular weight excluding hydrogens is 286 g/mol. The second-order valence-electron chi connectivity index (χ2n) is 5.59. The van der Waals surface area contributed by atoms with Gasteiger partial charge in [-0.25, -0.2) is 0 Å². The van der Waals surface area contributed by atoms with Crippen molar-refractivity contribution in [2.75, 3.05) is 0 Å². The molecule has 1 atom stereocenters. The van der Waals surface area contributed by atoms with Crippen molar-refractivity contribution in [3.05, 3.63) is 45.7 Å². The molecule has 1 aromatic heterocycles. The Hall–Kier alpha value is -1.52. The van der Waals surface area contributed by atoms with E-state index in [1.54, 1.807) is 4.68 Å². The Labute approximate surface area is 129 Å². The minimum absolute atomic E-state index is 0.126. The fraction of sp³-hybridized carbons (Fsp3) is 0.438. The van der Waals surface area contributed by atoms with Gasteiger partial charge in [-0.15, -0.1) is 0 Å². The van der Waals surface area contributed by atoms with Crippen molar-refractivity contribution in [2.45, 2.75) is 38.8 Å². The van der Waals surface area contributed by atoms with Crippen LogP contribution < -0.4 is 10.5 Å². The fourth-order valence-corrected chi connectivity index (χ4v) is 3.20. The molecule has 1 aromatic carbocycles. The molecule has 0 saturated heterocycles. The second-order valence-corrected chi connectivity index (χ2v) is 5.95. The van der Waals surface area contributed by atoms with E-state index >= 15 is 0 Å². The van der Waals surface area contributed by atoms with Gasteiger partial charge in [0, 0.05) is 18.7 Å². The van der Waals surface area contributed by atoms with Crippen LogP contribution in [0.5, 0.6) is 5.75 Å². The molecule has 0 amide bonds. The summed E-state index contributed by atoms with van der Waals surface area (Å²) >= 11 is 6.25. The molecule has 5 heteroatoms. The van der Waals surface area contributed by atoms with E-state index in [0.717, 1.165) is 36.3 Å². The van der Waals surface area contributed by atoms with Gasteiger partial charge in [0.2, 0.25) is 0 Å². The van der Waals surface area contributed by atoms with Crippen LogP contribution in [0.2, 0.25) is 5.15 Å². The van der Waals surface area contributed by atoms with Crippen LogP contribution in [0.15, 0.2) is 18.2 Å². The summed E-state index contributed by atoms with van der Waals surface area (Å²) in [5, 5.41) is 4.94. The maximum atomic E-state index is 6.25. The average Bonchev–Trinajstić information content (AvgIpc) is 2.71. The highest BCUT2D eigenvalue weighted by atomic mass is 35.5. The van der Waals surface area contributed by atoms with Crippen molar-refractivity contribution in [1.29, 1.82) is 0 Å². The van der Waals surface area contributed by atoms with Gasteiger partial charge in [-0.05, 0) is 43.4 Å². The smallest absolute Gasteiger partial charge is 0.133 e. The molecule has 0 radical (unpaired) electrons. The third-order valence-electron chi connectivity index (χ3n) is 4.15. The Morgan fingerprint density at radius 1 is 1.48 bits per heavy atom. The normalized spacial score (nSPS) is 17.6. The Morgan fingerprint density at radius 3 is 3.00 bits per heavy atom. The molecule has 1 aliphatic carbocycles. The predicted molar refractivity (Wildman–Crippen MR) is 83.6 cm³/mol. The molecule has 4 nitrogen and oxygen atoms in total. The number of hydrogen-bond acceptors (Lipinski definition) is 3. The highest BCUT2D eigenvalue weighted by molar-refractivity contribution is 6.30. The lowest BCUT2D eigenvalue weighted by molar-refractivity contribution is 0.300. The maximum Gasteiger partial charge on any atom is 0.133 e. The fourth-order valence-electron chi connectivity index (χ4n) is 2.97. The largest absolute Gasteiger partial charge is 0.488 e. The zero-order valence-corrected chi connectivity index (χ0v) is 13.2. The summed E-state index contributed by atoms with van der Waals surface area (Å²) in [6.07, 6.45) is 3.18. The van der Waals surface area contributed by atoms with Crippen LogP contribution in [0.25, 0.3) is 0 Å². The zero-order valence-electron chi connectivity index (χ0n) is 12.4. The number of aryl methyl sites for hydroxylation is 2. The molecule has 0 saturated carbocycles. The molecule has 2 N–H and O–H groups in total. The summed E-state index contributed by atoms with van der Waals surface area (Å²) in [5.74, 6) is 0.918. The Bertz CT molecular complexity index is 666. The number of nitrogens with two attached hydrogens (primary N) is 1. The number of hydrogen-bond donors (Lipinski definition) is 1. The first-order chi connectivity index (χ1) is 10.1. The van der Waals surface area contributed by atoms with Crippen molar-refractivity contribution < 1.29 is 4.74 Å². The first-order valence-corrected chi connectivity index (χ1v) is 7.64. The highest BCUT2D eigenvalue weighted by Crippen LogP contribution is 2.34.